The molecular formula is C12H22N2O5. The lowest BCUT2D eigenvalue weighted by Gasteiger charge is -2.07. The molecule has 110 valence electrons. The van der Waals surface area contributed by atoms with Gasteiger partial charge in [-0.15, -0.1) is 0 Å². The van der Waals surface area contributed by atoms with E-state index in [4.69, 9.17) is 14.2 Å². The maximum Gasteiger partial charge on any atom is 0.243 e. The third-order valence-corrected chi connectivity index (χ3v) is 1.95. The van der Waals surface area contributed by atoms with Crippen LogP contribution in [0, 0.1) is 0 Å². The summed E-state index contributed by atoms with van der Waals surface area (Å²) in [7, 11) is 0. The fraction of sp³-hybridized carbons (Fsp3) is 0.667. The van der Waals surface area contributed by atoms with Crippen LogP contribution < -0.4 is 10.6 Å². The SMILES string of the molecule is C=CC(=O)NCCOCCOCCOCCNC=O. The third kappa shape index (κ3) is 14.5. The lowest BCUT2D eigenvalue weighted by atomic mass is 10.5. The van der Waals surface area contributed by atoms with Crippen LogP contribution in [0.3, 0.4) is 0 Å². The number of hydrogen-bond donors (Lipinski definition) is 2. The number of hydrogen-bond acceptors (Lipinski definition) is 5. The summed E-state index contributed by atoms with van der Waals surface area (Å²) in [5.74, 6) is -0.207. The first-order valence-electron chi connectivity index (χ1n) is 6.11. The second-order valence-corrected chi connectivity index (χ2v) is 3.40. The molecule has 0 saturated carbocycles. The summed E-state index contributed by atoms with van der Waals surface area (Å²) in [5.41, 5.74) is 0. The van der Waals surface area contributed by atoms with Crippen molar-refractivity contribution in [2.75, 3.05) is 52.7 Å². The van der Waals surface area contributed by atoms with Crippen molar-refractivity contribution >= 4 is 12.3 Å². The van der Waals surface area contributed by atoms with Crippen LogP contribution in [-0.2, 0) is 23.8 Å². The van der Waals surface area contributed by atoms with Crippen molar-refractivity contribution < 1.29 is 23.8 Å². The minimum Gasteiger partial charge on any atom is -0.377 e. The summed E-state index contributed by atoms with van der Waals surface area (Å²) in [6.45, 7) is 7.12. The van der Waals surface area contributed by atoms with E-state index in [2.05, 4.69) is 17.2 Å². The van der Waals surface area contributed by atoms with Gasteiger partial charge in [-0.1, -0.05) is 6.58 Å². The Morgan fingerprint density at radius 2 is 1.47 bits per heavy atom. The highest BCUT2D eigenvalue weighted by molar-refractivity contribution is 5.86. The van der Waals surface area contributed by atoms with E-state index in [-0.39, 0.29) is 5.91 Å². The van der Waals surface area contributed by atoms with Gasteiger partial charge >= 0.3 is 0 Å². The van der Waals surface area contributed by atoms with Gasteiger partial charge in [-0.3, -0.25) is 9.59 Å². The molecule has 7 nitrogen and oxygen atoms in total. The van der Waals surface area contributed by atoms with E-state index < -0.39 is 0 Å². The smallest absolute Gasteiger partial charge is 0.243 e. The summed E-state index contributed by atoms with van der Waals surface area (Å²) in [5, 5.41) is 5.08. The molecule has 0 spiro atoms. The Kier molecular flexibility index (Phi) is 13.5. The summed E-state index contributed by atoms with van der Waals surface area (Å²) in [4.78, 5) is 20.7. The minimum absolute atomic E-state index is 0.207. The van der Waals surface area contributed by atoms with Crippen molar-refractivity contribution in [3.05, 3.63) is 12.7 Å². The van der Waals surface area contributed by atoms with Gasteiger partial charge in [0.15, 0.2) is 0 Å². The molecule has 0 aromatic carbocycles. The standard InChI is InChI=1S/C12H22N2O5/c1-2-12(16)14-4-6-18-8-10-19-9-7-17-5-3-13-11-15/h2,11H,1,3-10H2,(H,13,15)(H,14,16). The van der Waals surface area contributed by atoms with E-state index >= 15 is 0 Å². The van der Waals surface area contributed by atoms with Crippen LogP contribution in [0.1, 0.15) is 0 Å². The Bertz CT molecular complexity index is 248. The van der Waals surface area contributed by atoms with Crippen molar-refractivity contribution in [3.8, 4) is 0 Å². The van der Waals surface area contributed by atoms with Crippen molar-refractivity contribution in [1.29, 1.82) is 0 Å². The predicted molar refractivity (Wildman–Crippen MR) is 69.7 cm³/mol. The van der Waals surface area contributed by atoms with E-state index in [1.807, 2.05) is 0 Å². The van der Waals surface area contributed by atoms with Gasteiger partial charge in [-0.2, -0.15) is 0 Å². The number of carbonyl (C=O) groups is 2. The fourth-order valence-corrected chi connectivity index (χ4v) is 1.05. The molecule has 0 rings (SSSR count). The lowest BCUT2D eigenvalue weighted by Crippen LogP contribution is -2.25. The molecule has 0 heterocycles. The molecule has 0 aliphatic carbocycles. The molecule has 2 N–H and O–H groups in total. The second-order valence-electron chi connectivity index (χ2n) is 3.40. The maximum absolute atomic E-state index is 10.8. The molecule has 0 bridgehead atoms. The van der Waals surface area contributed by atoms with Crippen molar-refractivity contribution in [3.63, 3.8) is 0 Å². The molecule has 7 heteroatoms. The Morgan fingerprint density at radius 1 is 0.947 bits per heavy atom. The number of rotatable bonds is 14. The van der Waals surface area contributed by atoms with Crippen molar-refractivity contribution in [2.45, 2.75) is 0 Å². The van der Waals surface area contributed by atoms with Crippen LogP contribution in [0.25, 0.3) is 0 Å². The number of ether oxygens (including phenoxy) is 3. The molecule has 2 amide bonds. The summed E-state index contributed by atoms with van der Waals surface area (Å²) >= 11 is 0. The monoisotopic (exact) mass is 274 g/mol. The van der Waals surface area contributed by atoms with E-state index in [0.717, 1.165) is 0 Å². The highest BCUT2D eigenvalue weighted by atomic mass is 16.5. The molecule has 0 saturated heterocycles. The molecule has 0 fully saturated rings. The summed E-state index contributed by atoms with van der Waals surface area (Å²) < 4.78 is 15.6. The number of nitrogens with one attached hydrogen (secondary N) is 2. The molecule has 0 radical (unpaired) electrons. The fourth-order valence-electron chi connectivity index (χ4n) is 1.05. The van der Waals surface area contributed by atoms with E-state index in [1.54, 1.807) is 0 Å². The molecule has 19 heavy (non-hydrogen) atoms. The van der Waals surface area contributed by atoms with Gasteiger partial charge in [0, 0.05) is 13.1 Å². The van der Waals surface area contributed by atoms with Gasteiger partial charge < -0.3 is 24.8 Å². The number of amides is 2. The molecule has 0 aromatic heterocycles. The van der Waals surface area contributed by atoms with Crippen LogP contribution in [-0.4, -0.2) is 65.0 Å². The molecule has 0 aromatic rings. The van der Waals surface area contributed by atoms with Crippen LogP contribution in [0.2, 0.25) is 0 Å². The second kappa shape index (κ2) is 14.6. The van der Waals surface area contributed by atoms with Gasteiger partial charge in [0.2, 0.25) is 12.3 Å². The van der Waals surface area contributed by atoms with Crippen LogP contribution in [0.5, 0.6) is 0 Å². The lowest BCUT2D eigenvalue weighted by molar-refractivity contribution is -0.116. The average molecular weight is 274 g/mol. The quantitative estimate of drug-likeness (QED) is 0.243. The van der Waals surface area contributed by atoms with Crippen LogP contribution in [0.15, 0.2) is 12.7 Å². The van der Waals surface area contributed by atoms with E-state index in [9.17, 15) is 9.59 Å². The normalized spacial score (nSPS) is 9.89. The maximum atomic E-state index is 10.8. The molecule has 0 aliphatic rings. The third-order valence-electron chi connectivity index (χ3n) is 1.95. The zero-order valence-corrected chi connectivity index (χ0v) is 11.1. The first-order valence-corrected chi connectivity index (χ1v) is 6.11. The van der Waals surface area contributed by atoms with E-state index in [0.29, 0.717) is 59.1 Å². The largest absolute Gasteiger partial charge is 0.377 e. The summed E-state index contributed by atoms with van der Waals surface area (Å²) in [6.07, 6.45) is 1.85. The van der Waals surface area contributed by atoms with Gasteiger partial charge in [0.1, 0.15) is 0 Å². The zero-order chi connectivity index (χ0) is 14.2. The van der Waals surface area contributed by atoms with Gasteiger partial charge in [0.25, 0.3) is 0 Å². The van der Waals surface area contributed by atoms with E-state index in [1.165, 1.54) is 6.08 Å². The van der Waals surface area contributed by atoms with Crippen LogP contribution in [0.4, 0.5) is 0 Å². The minimum atomic E-state index is -0.207. The first kappa shape index (κ1) is 17.6. The van der Waals surface area contributed by atoms with Gasteiger partial charge in [-0.25, -0.2) is 0 Å². The topological polar surface area (TPSA) is 85.9 Å². The molecule has 0 aliphatic heterocycles. The molecule has 0 atom stereocenters. The molecule has 0 unspecified atom stereocenters. The Balaban J connectivity index is 3.00. The predicted octanol–water partition coefficient (Wildman–Crippen LogP) is -0.916. The zero-order valence-electron chi connectivity index (χ0n) is 11.1. The highest BCUT2D eigenvalue weighted by Crippen LogP contribution is 1.81. The highest BCUT2D eigenvalue weighted by Gasteiger charge is 1.94. The summed E-state index contributed by atoms with van der Waals surface area (Å²) in [6, 6.07) is 0. The van der Waals surface area contributed by atoms with Crippen LogP contribution >= 0.6 is 0 Å². The Labute approximate surface area is 113 Å². The molecular weight excluding hydrogens is 252 g/mol. The first-order chi connectivity index (χ1) is 9.31. The number of carbonyl (C=O) groups excluding carboxylic acids is 2. The van der Waals surface area contributed by atoms with Gasteiger partial charge in [-0.05, 0) is 6.08 Å². The van der Waals surface area contributed by atoms with Gasteiger partial charge in [0.05, 0.1) is 39.6 Å². The van der Waals surface area contributed by atoms with Crippen molar-refractivity contribution in [2.24, 2.45) is 0 Å². The Hall–Kier alpha value is -1.44. The Morgan fingerprint density at radius 3 is 2.00 bits per heavy atom. The van der Waals surface area contributed by atoms with Crippen molar-refractivity contribution in [1.82, 2.24) is 10.6 Å². The average Bonchev–Trinajstić information content (AvgIpc) is 2.43.